The van der Waals surface area contributed by atoms with Crippen LogP contribution in [0.4, 0.5) is 5.69 Å². The Morgan fingerprint density at radius 1 is 0.952 bits per heavy atom. The van der Waals surface area contributed by atoms with Crippen molar-refractivity contribution in [3.8, 4) is 11.5 Å². The number of rotatable bonds is 4. The first-order valence-corrected chi connectivity index (χ1v) is 14.3. The number of hydrogen-bond acceptors (Lipinski definition) is 6. The van der Waals surface area contributed by atoms with Crippen molar-refractivity contribution in [1.29, 1.82) is 0 Å². The number of phenolic OH excluding ortho intramolecular Hbond substituents is 1. The molecule has 3 aromatic rings. The summed E-state index contributed by atoms with van der Waals surface area (Å²) in [4.78, 5) is 56.6. The molecule has 0 radical (unpaired) electrons. The van der Waals surface area contributed by atoms with Gasteiger partial charge in [0, 0.05) is 22.6 Å². The van der Waals surface area contributed by atoms with Crippen molar-refractivity contribution in [3.63, 3.8) is 0 Å². The Bertz CT molecular complexity index is 1700. The number of allylic oxidation sites excluding steroid dienone is 2. The molecule has 4 amide bonds. The van der Waals surface area contributed by atoms with Crippen LogP contribution >= 0.6 is 11.6 Å². The molecule has 6 atom stereocenters. The van der Waals surface area contributed by atoms with Crippen LogP contribution in [-0.2, 0) is 24.6 Å². The summed E-state index contributed by atoms with van der Waals surface area (Å²) in [5.74, 6) is -4.58. The number of aromatic hydroxyl groups is 1. The highest BCUT2D eigenvalue weighted by Gasteiger charge is 2.70. The molecule has 0 aromatic heterocycles. The van der Waals surface area contributed by atoms with Gasteiger partial charge in [-0.25, -0.2) is 4.90 Å². The fraction of sp³-hybridized carbons (Fsp3) is 0.273. The number of methoxy groups -OCH3 is 1. The third-order valence-electron chi connectivity index (χ3n) is 9.56. The average Bonchev–Trinajstić information content (AvgIpc) is 3.41. The third kappa shape index (κ3) is 3.54. The van der Waals surface area contributed by atoms with Crippen molar-refractivity contribution in [1.82, 2.24) is 5.32 Å². The van der Waals surface area contributed by atoms with Gasteiger partial charge in [0.05, 0.1) is 36.0 Å². The van der Waals surface area contributed by atoms with Gasteiger partial charge >= 0.3 is 0 Å². The molecule has 3 aromatic carbocycles. The van der Waals surface area contributed by atoms with Gasteiger partial charge in [0.15, 0.2) is 0 Å². The van der Waals surface area contributed by atoms with E-state index >= 15 is 4.79 Å². The molecule has 2 heterocycles. The number of fused-ring (bicyclic) bond motifs is 4. The number of nitrogens with zero attached hydrogens (tertiary/aromatic N) is 1. The number of imide groups is 2. The number of ether oxygens (including phenoxy) is 1. The summed E-state index contributed by atoms with van der Waals surface area (Å²) in [7, 11) is 1.49. The number of benzene rings is 3. The van der Waals surface area contributed by atoms with Gasteiger partial charge in [0.1, 0.15) is 11.5 Å². The molecule has 42 heavy (non-hydrogen) atoms. The number of anilines is 1. The Morgan fingerprint density at radius 3 is 2.45 bits per heavy atom. The fourth-order valence-corrected chi connectivity index (χ4v) is 8.08. The van der Waals surface area contributed by atoms with Crippen molar-refractivity contribution >= 4 is 40.9 Å². The quantitative estimate of drug-likeness (QED) is 0.346. The summed E-state index contributed by atoms with van der Waals surface area (Å²) in [6.45, 7) is 0. The molecule has 1 saturated carbocycles. The van der Waals surface area contributed by atoms with Gasteiger partial charge in [0.25, 0.3) is 0 Å². The summed E-state index contributed by atoms with van der Waals surface area (Å²) in [5, 5.41) is 14.3. The van der Waals surface area contributed by atoms with Gasteiger partial charge in [-0.2, -0.15) is 0 Å². The number of halogens is 1. The molecular weight excluding hydrogens is 556 g/mol. The van der Waals surface area contributed by atoms with Crippen molar-refractivity contribution in [3.05, 3.63) is 101 Å². The highest BCUT2D eigenvalue weighted by Crippen LogP contribution is 2.65. The van der Waals surface area contributed by atoms with Gasteiger partial charge in [-0.15, -0.1) is 0 Å². The van der Waals surface area contributed by atoms with Gasteiger partial charge in [-0.3, -0.25) is 24.5 Å². The number of carbonyl (C=O) groups is 4. The van der Waals surface area contributed by atoms with E-state index in [1.807, 2.05) is 36.4 Å². The van der Waals surface area contributed by atoms with Gasteiger partial charge in [0.2, 0.25) is 23.6 Å². The molecule has 0 spiro atoms. The van der Waals surface area contributed by atoms with Crippen LogP contribution in [0.5, 0.6) is 11.5 Å². The summed E-state index contributed by atoms with van der Waals surface area (Å²) in [5.41, 5.74) is 0.754. The molecule has 9 heteroatoms. The topological polar surface area (TPSA) is 113 Å². The normalized spacial score (nSPS) is 29.9. The lowest BCUT2D eigenvalue weighted by molar-refractivity contribution is -0.128. The Balaban J connectivity index is 1.53. The summed E-state index contributed by atoms with van der Waals surface area (Å²) in [6, 6.07) is 20.7. The van der Waals surface area contributed by atoms with E-state index in [0.717, 1.165) is 5.57 Å². The molecule has 2 N–H and O–H groups in total. The highest BCUT2D eigenvalue weighted by molar-refractivity contribution is 6.32. The first kappa shape index (κ1) is 26.5. The SMILES string of the molecule is COc1ccc(C2C3=CCC4C(=O)NC(=O)C4C3CC3C(=O)N(c4cccc(Cl)c4)C(=O)C32c2ccccc2)c(O)c1. The Hall–Kier alpha value is -4.43. The zero-order valence-electron chi connectivity index (χ0n) is 22.6. The van der Waals surface area contributed by atoms with E-state index in [0.29, 0.717) is 34.0 Å². The van der Waals surface area contributed by atoms with E-state index in [1.54, 1.807) is 36.4 Å². The number of phenols is 1. The zero-order valence-corrected chi connectivity index (χ0v) is 23.4. The molecule has 2 aliphatic carbocycles. The minimum atomic E-state index is -1.44. The first-order chi connectivity index (χ1) is 20.3. The molecule has 2 saturated heterocycles. The van der Waals surface area contributed by atoms with E-state index in [2.05, 4.69) is 5.32 Å². The third-order valence-corrected chi connectivity index (χ3v) is 9.79. The van der Waals surface area contributed by atoms with Crippen molar-refractivity contribution in [2.45, 2.75) is 24.2 Å². The lowest BCUT2D eigenvalue weighted by Crippen LogP contribution is -2.53. The molecular formula is C33H27ClN2O6. The Labute approximate surface area is 246 Å². The standard InChI is InChI=1S/C33H27ClN2O6/c1-42-20-10-11-22(26(37)15-20)28-21-12-13-23-27(30(39)35-29(23)38)24(21)16-25-31(40)36(19-9-5-8-18(34)14-19)32(41)33(25,28)17-6-3-2-4-7-17/h2-12,14-15,23-25,27-28,37H,13,16H2,1H3,(H,35,38,39). The van der Waals surface area contributed by atoms with E-state index in [4.69, 9.17) is 16.3 Å². The van der Waals surface area contributed by atoms with Crippen LogP contribution in [-0.4, -0.2) is 35.8 Å². The smallest absolute Gasteiger partial charge is 0.246 e. The van der Waals surface area contributed by atoms with Gasteiger partial charge < -0.3 is 9.84 Å². The predicted molar refractivity (Wildman–Crippen MR) is 154 cm³/mol. The van der Waals surface area contributed by atoms with Crippen LogP contribution in [0.25, 0.3) is 0 Å². The number of amides is 4. The van der Waals surface area contributed by atoms with Gasteiger partial charge in [-0.05, 0) is 48.6 Å². The minimum Gasteiger partial charge on any atom is -0.508 e. The second-order valence-corrected chi connectivity index (χ2v) is 11.8. The molecule has 212 valence electrons. The van der Waals surface area contributed by atoms with E-state index < -0.39 is 46.8 Å². The molecule has 8 nitrogen and oxygen atoms in total. The van der Waals surface area contributed by atoms with E-state index in [-0.39, 0.29) is 24.0 Å². The second kappa shape index (κ2) is 9.56. The maximum absolute atomic E-state index is 15.0. The van der Waals surface area contributed by atoms with Crippen LogP contribution in [0.1, 0.15) is 29.9 Å². The van der Waals surface area contributed by atoms with E-state index in [9.17, 15) is 19.5 Å². The van der Waals surface area contributed by atoms with Crippen LogP contribution in [0.2, 0.25) is 5.02 Å². The molecule has 7 rings (SSSR count). The predicted octanol–water partition coefficient (Wildman–Crippen LogP) is 4.50. The number of nitrogens with one attached hydrogen (secondary N) is 1. The largest absolute Gasteiger partial charge is 0.508 e. The van der Waals surface area contributed by atoms with Crippen molar-refractivity contribution < 1.29 is 29.0 Å². The average molecular weight is 583 g/mol. The second-order valence-electron chi connectivity index (χ2n) is 11.4. The molecule has 2 aliphatic heterocycles. The molecule has 3 fully saturated rings. The monoisotopic (exact) mass is 582 g/mol. The van der Waals surface area contributed by atoms with Crippen LogP contribution < -0.4 is 15.0 Å². The van der Waals surface area contributed by atoms with Crippen LogP contribution in [0, 0.1) is 23.7 Å². The number of hydrogen-bond donors (Lipinski definition) is 2. The minimum absolute atomic E-state index is 0.0921. The van der Waals surface area contributed by atoms with Crippen molar-refractivity contribution in [2.24, 2.45) is 23.7 Å². The van der Waals surface area contributed by atoms with Gasteiger partial charge in [-0.1, -0.05) is 65.7 Å². The van der Waals surface area contributed by atoms with Crippen LogP contribution in [0.15, 0.2) is 84.4 Å². The lowest BCUT2D eigenvalue weighted by Gasteiger charge is -2.50. The fourth-order valence-electron chi connectivity index (χ4n) is 7.89. The van der Waals surface area contributed by atoms with E-state index in [1.165, 1.54) is 18.1 Å². The lowest BCUT2D eigenvalue weighted by atomic mass is 9.49. The highest BCUT2D eigenvalue weighted by atomic mass is 35.5. The molecule has 0 bridgehead atoms. The summed E-state index contributed by atoms with van der Waals surface area (Å²) >= 11 is 6.31. The Kier molecular flexibility index (Phi) is 6.02. The van der Waals surface area contributed by atoms with Crippen LogP contribution in [0.3, 0.4) is 0 Å². The molecule has 6 unspecified atom stereocenters. The number of carbonyl (C=O) groups excluding carboxylic acids is 4. The van der Waals surface area contributed by atoms with Crippen molar-refractivity contribution in [2.75, 3.05) is 12.0 Å². The zero-order chi connectivity index (χ0) is 29.3. The first-order valence-electron chi connectivity index (χ1n) is 13.9. The maximum Gasteiger partial charge on any atom is 0.246 e. The molecule has 4 aliphatic rings. The summed E-state index contributed by atoms with van der Waals surface area (Å²) < 4.78 is 5.34. The Morgan fingerprint density at radius 2 is 1.74 bits per heavy atom. The summed E-state index contributed by atoms with van der Waals surface area (Å²) in [6.07, 6.45) is 2.45. The maximum atomic E-state index is 15.0.